The minimum atomic E-state index is -0.695. The minimum absolute atomic E-state index is 0.0671. The molecule has 230 valence electrons. The van der Waals surface area contributed by atoms with Gasteiger partial charge in [0, 0.05) is 51.8 Å². The molecule has 5 N–H and O–H groups in total. The summed E-state index contributed by atoms with van der Waals surface area (Å²) in [6, 6.07) is 17.0. The van der Waals surface area contributed by atoms with E-state index in [1.807, 2.05) is 47.9 Å². The summed E-state index contributed by atoms with van der Waals surface area (Å²) in [5.74, 6) is 0.649. The standard InChI is InChI=1S/C32H30ClN7O5/c1-17-38-39-32-25(37-31(18-3-5-20(33)6-4-18)23-13-22(45-2)7-8-26(23)40(17)32)15-29(43)35-16-30(44)34-10-9-21-11-19-12-27(41)28(42)14-24(19)36-21/h3-8,11-14,25,36,41-42H,9-10,15-16H2,1-2H3,(H,34,44)(H,35,43)/t25-/m0/s1. The lowest BCUT2D eigenvalue weighted by atomic mass is 10.00. The van der Waals surface area contributed by atoms with Crippen LogP contribution in [-0.4, -0.2) is 67.7 Å². The number of methoxy groups -OCH3 is 1. The largest absolute Gasteiger partial charge is 0.504 e. The highest BCUT2D eigenvalue weighted by molar-refractivity contribution is 6.30. The fourth-order valence-corrected chi connectivity index (χ4v) is 5.48. The molecule has 3 aromatic carbocycles. The number of hydrogen-bond donors (Lipinski definition) is 5. The number of nitrogens with zero attached hydrogens (tertiary/aromatic N) is 4. The Kier molecular flexibility index (Phi) is 8.14. The predicted molar refractivity (Wildman–Crippen MR) is 168 cm³/mol. The molecule has 45 heavy (non-hydrogen) atoms. The zero-order valence-electron chi connectivity index (χ0n) is 24.5. The first-order valence-corrected chi connectivity index (χ1v) is 14.6. The zero-order valence-corrected chi connectivity index (χ0v) is 25.2. The van der Waals surface area contributed by atoms with Crippen molar-refractivity contribution in [1.29, 1.82) is 0 Å². The van der Waals surface area contributed by atoms with Crippen LogP contribution in [0.4, 0.5) is 0 Å². The Morgan fingerprint density at radius 1 is 1.00 bits per heavy atom. The summed E-state index contributed by atoms with van der Waals surface area (Å²) in [5.41, 5.74) is 4.52. The van der Waals surface area contributed by atoms with Gasteiger partial charge in [0.05, 0.1) is 31.5 Å². The van der Waals surface area contributed by atoms with Crippen molar-refractivity contribution >= 4 is 40.0 Å². The second-order valence-corrected chi connectivity index (χ2v) is 11.1. The number of aromatic nitrogens is 4. The number of fused-ring (bicyclic) bond motifs is 4. The van der Waals surface area contributed by atoms with Gasteiger partial charge in [-0.1, -0.05) is 23.7 Å². The third-order valence-electron chi connectivity index (χ3n) is 7.56. The summed E-state index contributed by atoms with van der Waals surface area (Å²) in [6.45, 7) is 1.95. The van der Waals surface area contributed by atoms with Gasteiger partial charge in [-0.15, -0.1) is 10.2 Å². The number of nitrogens with one attached hydrogen (secondary N) is 3. The number of ether oxygens (including phenoxy) is 1. The third-order valence-corrected chi connectivity index (χ3v) is 7.82. The fourth-order valence-electron chi connectivity index (χ4n) is 5.35. The lowest BCUT2D eigenvalue weighted by Gasteiger charge is -2.14. The van der Waals surface area contributed by atoms with Crippen LogP contribution in [0, 0.1) is 6.92 Å². The Morgan fingerprint density at radius 2 is 1.78 bits per heavy atom. The molecule has 0 bridgehead atoms. The molecule has 2 aromatic heterocycles. The molecule has 0 aliphatic carbocycles. The van der Waals surface area contributed by atoms with Crippen molar-refractivity contribution in [3.8, 4) is 22.9 Å². The van der Waals surface area contributed by atoms with E-state index in [4.69, 9.17) is 21.3 Å². The van der Waals surface area contributed by atoms with E-state index in [1.165, 1.54) is 12.1 Å². The summed E-state index contributed by atoms with van der Waals surface area (Å²) in [4.78, 5) is 33.9. The van der Waals surface area contributed by atoms with E-state index in [2.05, 4.69) is 25.8 Å². The Hall–Kier alpha value is -5.36. The Labute approximate surface area is 262 Å². The van der Waals surface area contributed by atoms with Crippen LogP contribution in [-0.2, 0) is 16.0 Å². The predicted octanol–water partition coefficient (Wildman–Crippen LogP) is 3.89. The van der Waals surface area contributed by atoms with E-state index in [0.717, 1.165) is 27.9 Å². The molecule has 12 nitrogen and oxygen atoms in total. The smallest absolute Gasteiger partial charge is 0.239 e. The number of amides is 2. The number of H-pyrrole nitrogens is 1. The molecular formula is C32H30ClN7O5. The van der Waals surface area contributed by atoms with Crippen LogP contribution in [0.1, 0.15) is 40.9 Å². The Morgan fingerprint density at radius 3 is 2.56 bits per heavy atom. The van der Waals surface area contributed by atoms with Crippen molar-refractivity contribution in [3.05, 3.63) is 94.2 Å². The number of phenolic OH excluding ortho intramolecular Hbond substituents is 2. The van der Waals surface area contributed by atoms with Crippen LogP contribution < -0.4 is 15.4 Å². The molecule has 1 atom stereocenters. The second-order valence-electron chi connectivity index (χ2n) is 10.6. The maximum absolute atomic E-state index is 13.2. The maximum Gasteiger partial charge on any atom is 0.239 e. The van der Waals surface area contributed by atoms with E-state index in [9.17, 15) is 19.8 Å². The molecule has 0 radical (unpaired) electrons. The van der Waals surface area contributed by atoms with Gasteiger partial charge in [0.2, 0.25) is 11.8 Å². The van der Waals surface area contributed by atoms with Gasteiger partial charge in [0.15, 0.2) is 17.3 Å². The first-order chi connectivity index (χ1) is 21.7. The summed E-state index contributed by atoms with van der Waals surface area (Å²) >= 11 is 6.17. The number of aliphatic imine (C=N–C) groups is 1. The van der Waals surface area contributed by atoms with Crippen LogP contribution in [0.5, 0.6) is 17.2 Å². The quantitative estimate of drug-likeness (QED) is 0.155. The van der Waals surface area contributed by atoms with Crippen molar-refractivity contribution in [2.75, 3.05) is 20.2 Å². The van der Waals surface area contributed by atoms with Gasteiger partial charge in [-0.25, -0.2) is 0 Å². The summed E-state index contributed by atoms with van der Waals surface area (Å²) in [7, 11) is 1.59. The number of halogens is 1. The molecule has 13 heteroatoms. The number of benzene rings is 3. The van der Waals surface area contributed by atoms with Gasteiger partial charge in [0.1, 0.15) is 17.6 Å². The summed E-state index contributed by atoms with van der Waals surface area (Å²) < 4.78 is 7.39. The van der Waals surface area contributed by atoms with E-state index in [1.54, 1.807) is 19.2 Å². The molecule has 3 heterocycles. The highest BCUT2D eigenvalue weighted by Crippen LogP contribution is 2.34. The van der Waals surface area contributed by atoms with Crippen molar-refractivity contribution in [3.63, 3.8) is 0 Å². The fraction of sp³-hybridized carbons (Fsp3) is 0.219. The molecule has 0 unspecified atom stereocenters. The second kappa shape index (κ2) is 12.3. The van der Waals surface area contributed by atoms with E-state index in [0.29, 0.717) is 46.6 Å². The van der Waals surface area contributed by atoms with Gasteiger partial charge in [0.25, 0.3) is 0 Å². The van der Waals surface area contributed by atoms with Crippen LogP contribution >= 0.6 is 11.6 Å². The van der Waals surface area contributed by atoms with Gasteiger partial charge in [-0.05, 0) is 49.4 Å². The average molecular weight is 628 g/mol. The number of carbonyl (C=O) groups excluding carboxylic acids is 2. The SMILES string of the molecule is COc1ccc2c(c1)C(c1ccc(Cl)cc1)=N[C@@H](CC(=O)NCC(=O)NCCc1cc3cc(O)c(O)cc3[nH]1)c1nnc(C)n1-2. The number of aromatic amines is 1. The first-order valence-electron chi connectivity index (χ1n) is 14.2. The zero-order chi connectivity index (χ0) is 31.7. The molecule has 0 fully saturated rings. The maximum atomic E-state index is 13.2. The minimum Gasteiger partial charge on any atom is -0.504 e. The molecule has 0 spiro atoms. The van der Waals surface area contributed by atoms with Crippen molar-refractivity contribution in [2.24, 2.45) is 4.99 Å². The number of phenols is 2. The number of rotatable bonds is 9. The first kappa shape index (κ1) is 29.7. The van der Waals surface area contributed by atoms with Gasteiger partial charge in [-0.3, -0.25) is 19.1 Å². The van der Waals surface area contributed by atoms with Crippen LogP contribution in [0.2, 0.25) is 5.02 Å². The summed E-state index contributed by atoms with van der Waals surface area (Å²) in [6.07, 6.45) is 0.420. The van der Waals surface area contributed by atoms with Crippen molar-refractivity contribution in [2.45, 2.75) is 25.8 Å². The number of aryl methyl sites for hydroxylation is 1. The van der Waals surface area contributed by atoms with Gasteiger partial charge in [-0.2, -0.15) is 0 Å². The summed E-state index contributed by atoms with van der Waals surface area (Å²) in [5, 5.41) is 34.9. The highest BCUT2D eigenvalue weighted by atomic mass is 35.5. The molecule has 1 aliphatic heterocycles. The third kappa shape index (κ3) is 6.18. The van der Waals surface area contributed by atoms with Crippen LogP contribution in [0.15, 0.2) is 65.7 Å². The Bertz CT molecular complexity index is 1910. The number of carbonyl (C=O) groups is 2. The van der Waals surface area contributed by atoms with Crippen LogP contribution in [0.3, 0.4) is 0 Å². The van der Waals surface area contributed by atoms with E-state index >= 15 is 0 Å². The van der Waals surface area contributed by atoms with Crippen molar-refractivity contribution < 1.29 is 24.5 Å². The monoisotopic (exact) mass is 627 g/mol. The van der Waals surface area contributed by atoms with Gasteiger partial charge < -0.3 is 30.6 Å². The topological polar surface area (TPSA) is 167 Å². The van der Waals surface area contributed by atoms with Crippen LogP contribution in [0.25, 0.3) is 16.6 Å². The van der Waals surface area contributed by atoms with Gasteiger partial charge >= 0.3 is 0 Å². The normalized spacial score (nSPS) is 13.8. The Balaban J connectivity index is 1.15. The molecule has 6 rings (SSSR count). The molecule has 0 saturated heterocycles. The highest BCUT2D eigenvalue weighted by Gasteiger charge is 2.30. The number of aromatic hydroxyl groups is 2. The molecule has 2 amide bonds. The molecule has 0 saturated carbocycles. The molecule has 1 aliphatic rings. The lowest BCUT2D eigenvalue weighted by Crippen LogP contribution is -2.38. The average Bonchev–Trinajstić information content (AvgIpc) is 3.57. The van der Waals surface area contributed by atoms with E-state index < -0.39 is 6.04 Å². The molecule has 5 aromatic rings. The molecular weight excluding hydrogens is 598 g/mol. The van der Waals surface area contributed by atoms with Crippen molar-refractivity contribution in [1.82, 2.24) is 30.4 Å². The van der Waals surface area contributed by atoms with E-state index in [-0.39, 0.29) is 36.3 Å². The number of hydrogen-bond acceptors (Lipinski definition) is 8. The lowest BCUT2D eigenvalue weighted by molar-refractivity contribution is -0.126.